The van der Waals surface area contributed by atoms with Gasteiger partial charge in [-0.25, -0.2) is 0 Å². The number of carbonyl (C=O) groups is 1. The average Bonchev–Trinajstić information content (AvgIpc) is 2.85. The number of hydrogen-bond acceptors (Lipinski definition) is 3. The Labute approximate surface area is 114 Å². The second-order valence-corrected chi connectivity index (χ2v) is 5.48. The highest BCUT2D eigenvalue weighted by Gasteiger charge is 2.22. The predicted molar refractivity (Wildman–Crippen MR) is 74.1 cm³/mol. The second kappa shape index (κ2) is 5.71. The minimum atomic E-state index is -0.0609. The highest BCUT2D eigenvalue weighted by Crippen LogP contribution is 2.16. The summed E-state index contributed by atoms with van der Waals surface area (Å²) in [5, 5.41) is 10.3. The molecule has 6 heteroatoms. The summed E-state index contributed by atoms with van der Waals surface area (Å²) in [5.41, 5.74) is 0.702. The lowest BCUT2D eigenvalue weighted by Crippen LogP contribution is -2.35. The summed E-state index contributed by atoms with van der Waals surface area (Å²) in [4.78, 5) is 11.9. The number of halogens is 1. The summed E-state index contributed by atoms with van der Waals surface area (Å²) < 4.78 is 1.85. The Kier molecular flexibility index (Phi) is 4.76. The summed E-state index contributed by atoms with van der Waals surface area (Å²) in [7, 11) is 0. The van der Waals surface area contributed by atoms with E-state index in [0.717, 1.165) is 25.1 Å². The molecular weight excluding hydrogens is 252 g/mol. The Bertz CT molecular complexity index is 404. The van der Waals surface area contributed by atoms with Crippen LogP contribution in [0.15, 0.2) is 12.4 Å². The summed E-state index contributed by atoms with van der Waals surface area (Å²) in [6.45, 7) is 7.15. The van der Waals surface area contributed by atoms with Gasteiger partial charge in [0.2, 0.25) is 5.91 Å². The maximum absolute atomic E-state index is 11.9. The van der Waals surface area contributed by atoms with Crippen LogP contribution in [0.25, 0.3) is 0 Å². The zero-order valence-corrected chi connectivity index (χ0v) is 11.9. The van der Waals surface area contributed by atoms with Crippen molar-refractivity contribution in [1.29, 1.82) is 0 Å². The molecule has 5 nitrogen and oxygen atoms in total. The molecule has 2 rings (SSSR count). The largest absolute Gasteiger partial charge is 0.322 e. The Morgan fingerprint density at radius 2 is 2.28 bits per heavy atom. The van der Waals surface area contributed by atoms with Crippen LogP contribution >= 0.6 is 12.4 Å². The molecule has 1 amide bonds. The van der Waals surface area contributed by atoms with E-state index in [0.29, 0.717) is 0 Å². The molecule has 0 spiro atoms. The van der Waals surface area contributed by atoms with E-state index in [1.54, 1.807) is 6.20 Å². The van der Waals surface area contributed by atoms with Crippen LogP contribution in [0, 0.1) is 0 Å². The number of rotatable bonds is 2. The van der Waals surface area contributed by atoms with E-state index in [9.17, 15) is 4.79 Å². The van der Waals surface area contributed by atoms with Crippen LogP contribution in [0.4, 0.5) is 5.69 Å². The summed E-state index contributed by atoms with van der Waals surface area (Å²) >= 11 is 0. The Balaban J connectivity index is 0.00000162. The molecule has 1 aromatic heterocycles. The lowest BCUT2D eigenvalue weighted by Gasteiger charge is -2.18. The quantitative estimate of drug-likeness (QED) is 0.862. The summed E-state index contributed by atoms with van der Waals surface area (Å²) in [6.07, 6.45) is 5.55. The molecular formula is C12H21ClN4O. The van der Waals surface area contributed by atoms with Crippen LogP contribution in [-0.4, -0.2) is 28.3 Å². The van der Waals surface area contributed by atoms with E-state index in [1.807, 2.05) is 10.9 Å². The molecule has 1 unspecified atom stereocenters. The minimum Gasteiger partial charge on any atom is -0.322 e. The van der Waals surface area contributed by atoms with Gasteiger partial charge < -0.3 is 10.6 Å². The zero-order valence-electron chi connectivity index (χ0n) is 11.1. The van der Waals surface area contributed by atoms with Gasteiger partial charge in [0, 0.05) is 6.20 Å². The van der Waals surface area contributed by atoms with Gasteiger partial charge in [0.1, 0.15) is 0 Å². The predicted octanol–water partition coefficient (Wildman–Crippen LogP) is 1.75. The van der Waals surface area contributed by atoms with Gasteiger partial charge in [-0.1, -0.05) is 0 Å². The van der Waals surface area contributed by atoms with Crippen LogP contribution in [0.1, 0.15) is 33.6 Å². The third-order valence-electron chi connectivity index (χ3n) is 2.91. The molecule has 0 aliphatic carbocycles. The molecule has 0 saturated carbocycles. The van der Waals surface area contributed by atoms with Crippen molar-refractivity contribution in [3.8, 4) is 0 Å². The van der Waals surface area contributed by atoms with Crippen molar-refractivity contribution in [3.63, 3.8) is 0 Å². The lowest BCUT2D eigenvalue weighted by atomic mass is 10.1. The van der Waals surface area contributed by atoms with E-state index in [4.69, 9.17) is 0 Å². The number of nitrogens with zero attached hydrogens (tertiary/aromatic N) is 2. The Hall–Kier alpha value is -1.07. The highest BCUT2D eigenvalue weighted by molar-refractivity contribution is 5.94. The van der Waals surface area contributed by atoms with Crippen molar-refractivity contribution < 1.29 is 4.79 Å². The topological polar surface area (TPSA) is 59.0 Å². The van der Waals surface area contributed by atoms with Crippen LogP contribution in [0.3, 0.4) is 0 Å². The van der Waals surface area contributed by atoms with E-state index in [2.05, 4.69) is 36.5 Å². The van der Waals surface area contributed by atoms with Crippen LogP contribution in [0.2, 0.25) is 0 Å². The maximum Gasteiger partial charge on any atom is 0.241 e. The van der Waals surface area contributed by atoms with Gasteiger partial charge in [-0.15, -0.1) is 12.4 Å². The maximum atomic E-state index is 11.9. The van der Waals surface area contributed by atoms with Gasteiger partial charge in [-0.05, 0) is 40.2 Å². The molecule has 1 saturated heterocycles. The van der Waals surface area contributed by atoms with Crippen LogP contribution < -0.4 is 10.6 Å². The third kappa shape index (κ3) is 3.46. The highest BCUT2D eigenvalue weighted by atomic mass is 35.5. The van der Waals surface area contributed by atoms with Crippen molar-refractivity contribution >= 4 is 24.0 Å². The van der Waals surface area contributed by atoms with E-state index < -0.39 is 0 Å². The monoisotopic (exact) mass is 272 g/mol. The van der Waals surface area contributed by atoms with E-state index >= 15 is 0 Å². The first-order chi connectivity index (χ1) is 7.97. The van der Waals surface area contributed by atoms with Crippen molar-refractivity contribution in [3.05, 3.63) is 12.4 Å². The first-order valence-electron chi connectivity index (χ1n) is 6.06. The lowest BCUT2D eigenvalue weighted by molar-refractivity contribution is -0.117. The van der Waals surface area contributed by atoms with Crippen molar-refractivity contribution in [2.45, 2.75) is 45.2 Å². The van der Waals surface area contributed by atoms with Crippen LogP contribution in [-0.2, 0) is 10.3 Å². The second-order valence-electron chi connectivity index (χ2n) is 5.48. The fraction of sp³-hybridized carbons (Fsp3) is 0.667. The molecule has 102 valence electrons. The fourth-order valence-corrected chi connectivity index (χ4v) is 1.89. The van der Waals surface area contributed by atoms with E-state index in [-0.39, 0.29) is 29.9 Å². The molecule has 1 aliphatic rings. The molecule has 2 N–H and O–H groups in total. The molecule has 1 aliphatic heterocycles. The Morgan fingerprint density at radius 1 is 1.56 bits per heavy atom. The number of amides is 1. The van der Waals surface area contributed by atoms with E-state index in [1.165, 1.54) is 0 Å². The number of aromatic nitrogens is 2. The van der Waals surface area contributed by atoms with Crippen LogP contribution in [0.5, 0.6) is 0 Å². The third-order valence-corrected chi connectivity index (χ3v) is 2.91. The molecule has 0 radical (unpaired) electrons. The Morgan fingerprint density at radius 3 is 2.78 bits per heavy atom. The van der Waals surface area contributed by atoms with Gasteiger partial charge in [0.05, 0.1) is 23.5 Å². The number of hydrogen-bond donors (Lipinski definition) is 2. The standard InChI is InChI=1S/C12H20N4O.ClH/c1-12(2,3)16-8-9(7-14-16)15-11(17)10-5-4-6-13-10;/h7-8,10,13H,4-6H2,1-3H3,(H,15,17);1H. The molecule has 0 aromatic carbocycles. The van der Waals surface area contributed by atoms with Gasteiger partial charge in [0.25, 0.3) is 0 Å². The zero-order chi connectivity index (χ0) is 12.5. The van der Waals surface area contributed by atoms with Gasteiger partial charge >= 0.3 is 0 Å². The smallest absolute Gasteiger partial charge is 0.241 e. The minimum absolute atomic E-state index is 0. The van der Waals surface area contributed by atoms with Crippen molar-refractivity contribution in [2.75, 3.05) is 11.9 Å². The van der Waals surface area contributed by atoms with Crippen molar-refractivity contribution in [2.24, 2.45) is 0 Å². The fourth-order valence-electron chi connectivity index (χ4n) is 1.89. The normalized spacial score (nSPS) is 19.4. The molecule has 1 aromatic rings. The van der Waals surface area contributed by atoms with Gasteiger partial charge in [-0.2, -0.15) is 5.10 Å². The van der Waals surface area contributed by atoms with Crippen molar-refractivity contribution in [1.82, 2.24) is 15.1 Å². The molecule has 0 bridgehead atoms. The summed E-state index contributed by atoms with van der Waals surface area (Å²) in [5.74, 6) is 0.0379. The number of anilines is 1. The molecule has 18 heavy (non-hydrogen) atoms. The number of carbonyl (C=O) groups excluding carboxylic acids is 1. The molecule has 1 fully saturated rings. The summed E-state index contributed by atoms with van der Waals surface area (Å²) in [6, 6.07) is -0.0482. The molecule has 1 atom stereocenters. The molecule has 2 heterocycles. The van der Waals surface area contributed by atoms with Gasteiger partial charge in [0.15, 0.2) is 0 Å². The SMILES string of the molecule is CC(C)(C)n1cc(NC(=O)C2CCCN2)cn1.Cl. The van der Waals surface area contributed by atoms with Gasteiger partial charge in [-0.3, -0.25) is 9.48 Å². The first kappa shape index (κ1) is 15.0. The number of nitrogens with one attached hydrogen (secondary N) is 2. The first-order valence-corrected chi connectivity index (χ1v) is 6.06. The average molecular weight is 273 g/mol.